The second-order valence-electron chi connectivity index (χ2n) is 11.9. The van der Waals surface area contributed by atoms with E-state index in [-0.39, 0.29) is 45.1 Å². The van der Waals surface area contributed by atoms with Crippen molar-refractivity contribution in [2.24, 2.45) is 0 Å². The number of aliphatic hydroxyl groups is 3. The van der Waals surface area contributed by atoms with E-state index in [9.17, 15) is 30.6 Å². The van der Waals surface area contributed by atoms with E-state index in [1.807, 2.05) is 78.9 Å². The lowest BCUT2D eigenvalue weighted by Gasteiger charge is -2.22. The van der Waals surface area contributed by atoms with Crippen LogP contribution in [0.4, 0.5) is 0 Å². The van der Waals surface area contributed by atoms with Gasteiger partial charge in [0, 0.05) is 21.7 Å². The first kappa shape index (κ1) is 32.2. The van der Waals surface area contributed by atoms with E-state index in [4.69, 9.17) is 4.42 Å². The van der Waals surface area contributed by atoms with Crippen molar-refractivity contribution in [1.29, 1.82) is 0 Å². The number of para-hydroxylation sites is 1. The van der Waals surface area contributed by atoms with Crippen LogP contribution in [0, 0.1) is 0 Å². The van der Waals surface area contributed by atoms with Gasteiger partial charge in [-0.3, -0.25) is 0 Å². The van der Waals surface area contributed by atoms with Gasteiger partial charge < -0.3 is 35.1 Å². The van der Waals surface area contributed by atoms with Crippen LogP contribution in [0.5, 0.6) is 17.2 Å². The number of phenols is 3. The number of furan rings is 1. The first-order valence-corrected chi connectivity index (χ1v) is 15.4. The Balaban J connectivity index is 1.87. The fourth-order valence-corrected chi connectivity index (χ4v) is 6.37. The molecule has 9 heteroatoms. The Kier molecular flexibility index (Phi) is 8.33. The second kappa shape index (κ2) is 12.4. The molecule has 0 aliphatic carbocycles. The van der Waals surface area contributed by atoms with Crippen LogP contribution in [-0.2, 0) is 0 Å². The van der Waals surface area contributed by atoms with Crippen LogP contribution in [0.3, 0.4) is 0 Å². The molecule has 0 unspecified atom stereocenters. The fraction of sp³-hybridized carbons (Fsp3) is 0.0769. The van der Waals surface area contributed by atoms with Crippen molar-refractivity contribution >= 4 is 83.0 Å². The topological polar surface area (TPSA) is 135 Å². The largest absolute Gasteiger partial charge is 0.513 e. The molecule has 1 aromatic heterocycles. The average molecular weight is 636 g/mol. The van der Waals surface area contributed by atoms with Gasteiger partial charge in [0.1, 0.15) is 38.2 Å². The monoisotopic (exact) mass is 636 g/mol. The maximum absolute atomic E-state index is 11.3. The van der Waals surface area contributed by atoms with Crippen LogP contribution < -0.4 is 16.1 Å². The summed E-state index contributed by atoms with van der Waals surface area (Å²) in [4.78, 5) is 0. The molecule has 0 fully saturated rings. The minimum atomic E-state index is -0.501. The molecule has 6 N–H and O–H groups in total. The summed E-state index contributed by atoms with van der Waals surface area (Å²) in [5.74, 6) is -1.26. The summed E-state index contributed by atoms with van der Waals surface area (Å²) >= 11 is 0. The number of aliphatic hydroxyl groups excluding tert-OH is 3. The normalized spacial score (nSPS) is 13.9. The highest BCUT2D eigenvalue weighted by Crippen LogP contribution is 2.45. The van der Waals surface area contributed by atoms with Crippen LogP contribution in [0.25, 0.3) is 61.9 Å². The van der Waals surface area contributed by atoms with E-state index < -0.39 is 12.4 Å². The molecule has 1 heterocycles. The Morgan fingerprint density at radius 2 is 1.31 bits per heavy atom. The Labute approximate surface area is 278 Å². The standard InChI is InChI=1S/C39H34B2O7/c1-19(28-17-31(44)36(41)39(47)38(28)46)27(16-29-21(3)48-32-15-9-8-10-22(29)32)33-23-11-4-6-13-25(23)34(26-14-7-5-12-24(26)33)30(18-42)37(45)35(40)20(2)43/h4-17,42-47H,3,18,40-41H2,1-2H3/b27-19-,29-16+,35-20-,37-30-. The highest BCUT2D eigenvalue weighted by atomic mass is 16.3. The van der Waals surface area contributed by atoms with Gasteiger partial charge in [0.2, 0.25) is 0 Å². The summed E-state index contributed by atoms with van der Waals surface area (Å²) in [6.07, 6.45) is 1.94. The van der Waals surface area contributed by atoms with Crippen molar-refractivity contribution in [3.05, 3.63) is 123 Å². The minimum absolute atomic E-state index is 0.0696. The lowest BCUT2D eigenvalue weighted by molar-refractivity contribution is 0.340. The second-order valence-corrected chi connectivity index (χ2v) is 11.9. The molecule has 5 aromatic carbocycles. The van der Waals surface area contributed by atoms with Gasteiger partial charge in [-0.15, -0.1) is 0 Å². The molecule has 48 heavy (non-hydrogen) atoms. The number of hydrogen-bond donors (Lipinski definition) is 6. The first-order valence-electron chi connectivity index (χ1n) is 15.4. The third-order valence-electron chi connectivity index (χ3n) is 9.15. The first-order chi connectivity index (χ1) is 23.0. The summed E-state index contributed by atoms with van der Waals surface area (Å²) in [6.45, 7) is 6.96. The molecule has 6 rings (SSSR count). The van der Waals surface area contributed by atoms with E-state index in [2.05, 4.69) is 6.58 Å². The summed E-state index contributed by atoms with van der Waals surface area (Å²) in [5.41, 5.74) is 4.50. The number of fused-ring (bicyclic) bond motifs is 3. The van der Waals surface area contributed by atoms with E-state index in [1.165, 1.54) is 20.8 Å². The van der Waals surface area contributed by atoms with Crippen LogP contribution >= 0.6 is 0 Å². The number of benzene rings is 5. The summed E-state index contributed by atoms with van der Waals surface area (Å²) < 4.78 is 6.03. The zero-order valence-electron chi connectivity index (χ0n) is 27.1. The van der Waals surface area contributed by atoms with E-state index in [0.717, 1.165) is 32.5 Å². The summed E-state index contributed by atoms with van der Waals surface area (Å²) in [7, 11) is 3.10. The van der Waals surface area contributed by atoms with Crippen LogP contribution in [0.1, 0.15) is 30.5 Å². The molecule has 0 aliphatic heterocycles. The van der Waals surface area contributed by atoms with E-state index >= 15 is 0 Å². The molecular weight excluding hydrogens is 602 g/mol. The molecule has 7 nitrogen and oxygen atoms in total. The van der Waals surface area contributed by atoms with Crippen molar-refractivity contribution in [3.63, 3.8) is 0 Å². The zero-order chi connectivity index (χ0) is 34.4. The molecule has 238 valence electrons. The number of aromatic hydroxyl groups is 3. The molecule has 0 aliphatic rings. The summed E-state index contributed by atoms with van der Waals surface area (Å²) in [5, 5.41) is 69.5. The molecule has 0 spiro atoms. The van der Waals surface area contributed by atoms with Gasteiger partial charge in [-0.1, -0.05) is 73.3 Å². The predicted octanol–water partition coefficient (Wildman–Crippen LogP) is 4.62. The van der Waals surface area contributed by atoms with Gasteiger partial charge in [-0.25, -0.2) is 0 Å². The molecule has 0 bridgehead atoms. The minimum Gasteiger partial charge on any atom is -0.513 e. The molecule has 0 radical (unpaired) electrons. The van der Waals surface area contributed by atoms with Crippen molar-refractivity contribution < 1.29 is 35.1 Å². The predicted molar refractivity (Wildman–Crippen MR) is 200 cm³/mol. The van der Waals surface area contributed by atoms with Crippen LogP contribution in [-0.4, -0.2) is 52.9 Å². The highest BCUT2D eigenvalue weighted by Gasteiger charge is 2.24. The van der Waals surface area contributed by atoms with Crippen molar-refractivity contribution in [2.75, 3.05) is 6.61 Å². The number of allylic oxidation sites excluding steroid dienone is 4. The van der Waals surface area contributed by atoms with Gasteiger partial charge >= 0.3 is 0 Å². The van der Waals surface area contributed by atoms with E-state index in [1.54, 1.807) is 14.8 Å². The number of rotatable bonds is 6. The Morgan fingerprint density at radius 3 is 1.85 bits per heavy atom. The third-order valence-corrected chi connectivity index (χ3v) is 9.15. The van der Waals surface area contributed by atoms with Crippen molar-refractivity contribution in [3.8, 4) is 17.2 Å². The SMILES string of the molecule is BC(=C(/C)O)/C(O)=C(\CO)c1c2ccccc2c(C(/C=c2\c(=C)oc3ccccc23)=C(/C)c2cc(O)c(B)c(O)c2O)c2ccccc12. The zero-order valence-corrected chi connectivity index (χ0v) is 27.1. The van der Waals surface area contributed by atoms with E-state index in [0.29, 0.717) is 32.9 Å². The van der Waals surface area contributed by atoms with Crippen molar-refractivity contribution in [1.82, 2.24) is 0 Å². The lowest BCUT2D eigenvalue weighted by Crippen LogP contribution is -2.18. The molecule has 0 amide bonds. The molecule has 6 aromatic rings. The summed E-state index contributed by atoms with van der Waals surface area (Å²) in [6, 6.07) is 24.2. The Bertz CT molecular complexity index is 2440. The van der Waals surface area contributed by atoms with Crippen LogP contribution in [0.15, 0.2) is 100 Å². The molecular formula is C39H34B2O7. The van der Waals surface area contributed by atoms with Gasteiger partial charge in [-0.05, 0) is 86.8 Å². The van der Waals surface area contributed by atoms with Gasteiger partial charge in [0.25, 0.3) is 0 Å². The molecule has 0 saturated carbocycles. The Morgan fingerprint density at radius 1 is 0.792 bits per heavy atom. The van der Waals surface area contributed by atoms with Gasteiger partial charge in [0.15, 0.2) is 11.5 Å². The average Bonchev–Trinajstić information content (AvgIpc) is 3.41. The fourth-order valence-electron chi connectivity index (χ4n) is 6.37. The van der Waals surface area contributed by atoms with Crippen molar-refractivity contribution in [2.45, 2.75) is 13.8 Å². The molecule has 0 atom stereocenters. The lowest BCUT2D eigenvalue weighted by atomic mass is 9.81. The molecule has 0 saturated heterocycles. The maximum Gasteiger partial charge on any atom is 0.164 e. The third kappa shape index (κ3) is 5.18. The van der Waals surface area contributed by atoms with Gasteiger partial charge in [-0.2, -0.15) is 0 Å². The maximum atomic E-state index is 11.3. The highest BCUT2D eigenvalue weighted by molar-refractivity contribution is 6.36. The van der Waals surface area contributed by atoms with Crippen LogP contribution in [0.2, 0.25) is 0 Å². The smallest absolute Gasteiger partial charge is 0.164 e. The quantitative estimate of drug-likeness (QED) is 0.0299. The number of hydrogen-bond acceptors (Lipinski definition) is 7. The van der Waals surface area contributed by atoms with Gasteiger partial charge in [0.05, 0.1) is 12.4 Å². The number of phenolic OH excluding ortho intramolecular Hbond substituents is 3. The Hall–Kier alpha value is -5.79.